The van der Waals surface area contributed by atoms with Gasteiger partial charge in [-0.1, -0.05) is 48.5 Å². The van der Waals surface area contributed by atoms with E-state index >= 15 is 0 Å². The molecule has 1 atom stereocenters. The summed E-state index contributed by atoms with van der Waals surface area (Å²) in [6.07, 6.45) is 0. The molecule has 0 bridgehead atoms. The van der Waals surface area contributed by atoms with Gasteiger partial charge in [-0.25, -0.2) is 4.39 Å². The molecule has 31 heavy (non-hydrogen) atoms. The van der Waals surface area contributed by atoms with Crippen LogP contribution in [-0.4, -0.2) is 10.5 Å². The number of amides is 1. The van der Waals surface area contributed by atoms with E-state index in [2.05, 4.69) is 35.9 Å². The van der Waals surface area contributed by atoms with Crippen LogP contribution in [0.4, 0.5) is 10.1 Å². The van der Waals surface area contributed by atoms with Gasteiger partial charge in [0.15, 0.2) is 0 Å². The summed E-state index contributed by atoms with van der Waals surface area (Å²) in [6, 6.07) is 24.5. The molecule has 0 radical (unpaired) electrons. The Kier molecular flexibility index (Phi) is 4.51. The Labute approximate surface area is 181 Å². The summed E-state index contributed by atoms with van der Waals surface area (Å²) >= 11 is 0. The van der Waals surface area contributed by atoms with E-state index in [1.54, 1.807) is 17.0 Å². The number of benzene rings is 3. The van der Waals surface area contributed by atoms with Crippen molar-refractivity contribution in [2.75, 3.05) is 4.90 Å². The average molecular weight is 410 g/mol. The van der Waals surface area contributed by atoms with Gasteiger partial charge in [0.1, 0.15) is 5.82 Å². The van der Waals surface area contributed by atoms with Crippen LogP contribution < -0.4 is 4.90 Å². The lowest BCUT2D eigenvalue weighted by molar-refractivity contribution is -0.114. The fourth-order valence-corrected chi connectivity index (χ4v) is 4.72. The van der Waals surface area contributed by atoms with Crippen LogP contribution in [0.1, 0.15) is 25.5 Å². The van der Waals surface area contributed by atoms with Crippen LogP contribution in [-0.2, 0) is 11.8 Å². The fraction of sp³-hybridized carbons (Fsp3) is 0.148. The van der Waals surface area contributed by atoms with E-state index in [1.165, 1.54) is 12.1 Å². The van der Waals surface area contributed by atoms with Crippen molar-refractivity contribution in [1.29, 1.82) is 0 Å². The van der Waals surface area contributed by atoms with E-state index in [0.29, 0.717) is 5.69 Å². The predicted molar refractivity (Wildman–Crippen MR) is 123 cm³/mol. The first-order valence-electron chi connectivity index (χ1n) is 10.4. The van der Waals surface area contributed by atoms with Gasteiger partial charge in [0.2, 0.25) is 0 Å². The molecule has 1 unspecified atom stereocenters. The zero-order valence-corrected chi connectivity index (χ0v) is 17.8. The topological polar surface area (TPSA) is 25.2 Å². The number of halogens is 1. The molecule has 2 heterocycles. The number of aryl methyl sites for hydroxylation is 1. The third kappa shape index (κ3) is 2.90. The van der Waals surface area contributed by atoms with Crippen LogP contribution in [0.15, 0.2) is 90.0 Å². The molecule has 0 fully saturated rings. The van der Waals surface area contributed by atoms with Crippen LogP contribution in [0, 0.1) is 5.82 Å². The van der Waals surface area contributed by atoms with Gasteiger partial charge in [-0.05, 0) is 55.3 Å². The summed E-state index contributed by atoms with van der Waals surface area (Å²) in [5, 5.41) is 1.11. The smallest absolute Gasteiger partial charge is 0.254 e. The molecule has 1 amide bonds. The molecular weight excluding hydrogens is 387 g/mol. The van der Waals surface area contributed by atoms with Crippen LogP contribution in [0.3, 0.4) is 0 Å². The monoisotopic (exact) mass is 410 g/mol. The summed E-state index contributed by atoms with van der Waals surface area (Å²) in [5.41, 5.74) is 6.83. The van der Waals surface area contributed by atoms with E-state index < -0.39 is 0 Å². The molecule has 1 aliphatic heterocycles. The second kappa shape index (κ2) is 7.24. The highest BCUT2D eigenvalue weighted by Crippen LogP contribution is 2.47. The molecule has 5 rings (SSSR count). The summed E-state index contributed by atoms with van der Waals surface area (Å²) in [6.45, 7) is 3.90. The average Bonchev–Trinajstić information content (AvgIpc) is 3.21. The number of hydrogen-bond acceptors (Lipinski definition) is 1. The Balaban J connectivity index is 1.83. The second-order valence-corrected chi connectivity index (χ2v) is 8.07. The van der Waals surface area contributed by atoms with Crippen LogP contribution in [0.5, 0.6) is 0 Å². The normalized spacial score (nSPS) is 16.6. The van der Waals surface area contributed by atoms with Gasteiger partial charge in [-0.2, -0.15) is 0 Å². The molecule has 3 nitrogen and oxygen atoms in total. The highest BCUT2D eigenvalue weighted by molar-refractivity contribution is 6.11. The molecule has 0 spiro atoms. The maximum absolute atomic E-state index is 13.6. The zero-order valence-electron chi connectivity index (χ0n) is 17.8. The lowest BCUT2D eigenvalue weighted by atomic mass is 9.93. The van der Waals surface area contributed by atoms with Gasteiger partial charge in [0.05, 0.1) is 11.7 Å². The van der Waals surface area contributed by atoms with E-state index in [-0.39, 0.29) is 17.8 Å². The van der Waals surface area contributed by atoms with Crippen LogP contribution in [0.25, 0.3) is 22.2 Å². The number of carbonyl (C=O) groups is 1. The van der Waals surface area contributed by atoms with Gasteiger partial charge in [-0.3, -0.25) is 9.69 Å². The number of anilines is 1. The van der Waals surface area contributed by atoms with Gasteiger partial charge < -0.3 is 4.57 Å². The number of aromatic nitrogens is 1. The van der Waals surface area contributed by atoms with Crippen molar-refractivity contribution in [3.63, 3.8) is 0 Å². The van der Waals surface area contributed by atoms with Gasteiger partial charge in [0.25, 0.3) is 5.91 Å². The SMILES string of the molecule is CC1=C(C)C(c2c(-c3ccccc3)n(C)c3ccccc23)N(c2ccc(F)cc2)C1=O. The predicted octanol–water partition coefficient (Wildman–Crippen LogP) is 6.41. The molecular formula is C27H23FN2O. The van der Waals surface area contributed by atoms with Gasteiger partial charge >= 0.3 is 0 Å². The van der Waals surface area contributed by atoms with E-state index in [9.17, 15) is 9.18 Å². The summed E-state index contributed by atoms with van der Waals surface area (Å²) in [5.74, 6) is -0.357. The minimum Gasteiger partial charge on any atom is -0.343 e. The molecule has 0 N–H and O–H groups in total. The Morgan fingerprint density at radius 2 is 1.48 bits per heavy atom. The van der Waals surface area contributed by atoms with Crippen molar-refractivity contribution in [3.05, 3.63) is 101 Å². The van der Waals surface area contributed by atoms with Crippen molar-refractivity contribution in [2.45, 2.75) is 19.9 Å². The van der Waals surface area contributed by atoms with Gasteiger partial charge in [-0.15, -0.1) is 0 Å². The van der Waals surface area contributed by atoms with Crippen molar-refractivity contribution < 1.29 is 9.18 Å². The quantitative estimate of drug-likeness (QED) is 0.383. The number of nitrogens with zero attached hydrogens (tertiary/aromatic N) is 2. The summed E-state index contributed by atoms with van der Waals surface area (Å²) < 4.78 is 15.8. The standard InChI is InChI=1S/C27H23FN2O/c1-17-18(2)27(31)30(21-15-13-20(28)14-16-21)25(17)24-22-11-7-8-12-23(22)29(3)26(24)19-9-5-4-6-10-19/h4-16,25H,1-3H3. The summed E-state index contributed by atoms with van der Waals surface area (Å²) in [4.78, 5) is 15.1. The molecule has 0 aliphatic carbocycles. The number of carbonyl (C=O) groups excluding carboxylic acids is 1. The lowest BCUT2D eigenvalue weighted by Gasteiger charge is -2.28. The van der Waals surface area contributed by atoms with Crippen LogP contribution >= 0.6 is 0 Å². The molecule has 4 aromatic rings. The Morgan fingerprint density at radius 1 is 0.839 bits per heavy atom. The van der Waals surface area contributed by atoms with E-state index in [0.717, 1.165) is 38.9 Å². The van der Waals surface area contributed by atoms with Crippen molar-refractivity contribution in [2.24, 2.45) is 7.05 Å². The highest BCUT2D eigenvalue weighted by atomic mass is 19.1. The van der Waals surface area contributed by atoms with Crippen LogP contribution in [0.2, 0.25) is 0 Å². The van der Waals surface area contributed by atoms with Crippen molar-refractivity contribution in [3.8, 4) is 11.3 Å². The van der Waals surface area contributed by atoms with Crippen molar-refractivity contribution in [1.82, 2.24) is 4.57 Å². The number of rotatable bonds is 3. The number of fused-ring (bicyclic) bond motifs is 1. The number of hydrogen-bond donors (Lipinski definition) is 0. The number of para-hydroxylation sites is 1. The van der Waals surface area contributed by atoms with Crippen molar-refractivity contribution >= 4 is 22.5 Å². The van der Waals surface area contributed by atoms with E-state index in [4.69, 9.17) is 0 Å². The maximum atomic E-state index is 13.6. The zero-order chi connectivity index (χ0) is 21.7. The Morgan fingerprint density at radius 3 is 2.19 bits per heavy atom. The summed E-state index contributed by atoms with van der Waals surface area (Å²) in [7, 11) is 2.07. The minimum absolute atomic E-state index is 0.0407. The molecule has 4 heteroatoms. The highest BCUT2D eigenvalue weighted by Gasteiger charge is 2.40. The first kappa shape index (κ1) is 19.3. The third-order valence-corrected chi connectivity index (χ3v) is 6.37. The largest absolute Gasteiger partial charge is 0.343 e. The maximum Gasteiger partial charge on any atom is 0.254 e. The second-order valence-electron chi connectivity index (χ2n) is 8.07. The first-order valence-corrected chi connectivity index (χ1v) is 10.4. The Hall–Kier alpha value is -3.66. The molecule has 1 aliphatic rings. The molecule has 0 saturated carbocycles. The first-order chi connectivity index (χ1) is 15.0. The lowest BCUT2D eigenvalue weighted by Crippen LogP contribution is -2.30. The molecule has 3 aromatic carbocycles. The van der Waals surface area contributed by atoms with Gasteiger partial charge in [0, 0.05) is 34.8 Å². The van der Waals surface area contributed by atoms with E-state index in [1.807, 2.05) is 44.2 Å². The molecule has 154 valence electrons. The molecule has 0 saturated heterocycles. The fourth-order valence-electron chi connectivity index (χ4n) is 4.72. The Bertz CT molecular complexity index is 1330. The molecule has 1 aromatic heterocycles. The minimum atomic E-state index is -0.316. The third-order valence-electron chi connectivity index (χ3n) is 6.37.